The predicted molar refractivity (Wildman–Crippen MR) is 115 cm³/mol. The smallest absolute Gasteiger partial charge is 0.406 e. The number of nitrogens with zero attached hydrogens (tertiary/aromatic N) is 2. The van der Waals surface area contributed by atoms with Gasteiger partial charge in [-0.15, -0.1) is 13.2 Å². The van der Waals surface area contributed by atoms with Gasteiger partial charge in [0.15, 0.2) is 0 Å². The fraction of sp³-hybridized carbons (Fsp3) is 0.227. The molecule has 4 rings (SSSR count). The van der Waals surface area contributed by atoms with Crippen molar-refractivity contribution < 1.29 is 22.7 Å². The van der Waals surface area contributed by atoms with Crippen molar-refractivity contribution >= 4 is 29.0 Å². The van der Waals surface area contributed by atoms with Crippen molar-refractivity contribution in [2.45, 2.75) is 32.2 Å². The molecule has 0 saturated heterocycles. The van der Waals surface area contributed by atoms with Crippen LogP contribution in [0.2, 0.25) is 0 Å². The topological polar surface area (TPSA) is 88.2 Å². The van der Waals surface area contributed by atoms with Crippen molar-refractivity contribution in [1.29, 1.82) is 0 Å². The molecule has 3 N–H and O–H groups in total. The molecular weight excluding hydrogens is 423 g/mol. The summed E-state index contributed by atoms with van der Waals surface area (Å²) < 4.78 is 41.8. The molecule has 3 aromatic rings. The minimum atomic E-state index is -4.78. The molecule has 1 aromatic heterocycles. The van der Waals surface area contributed by atoms with E-state index in [9.17, 15) is 18.0 Å². The van der Waals surface area contributed by atoms with Crippen LogP contribution in [0.25, 0.3) is 11.3 Å². The average Bonchev–Trinajstić information content (AvgIpc) is 3.52. The molecule has 0 spiro atoms. The molecule has 32 heavy (non-hydrogen) atoms. The molecule has 0 bridgehead atoms. The molecule has 0 radical (unpaired) electrons. The Kier molecular flexibility index (Phi) is 5.85. The fourth-order valence-electron chi connectivity index (χ4n) is 2.97. The van der Waals surface area contributed by atoms with Gasteiger partial charge in [-0.05, 0) is 49.2 Å². The molecule has 1 aliphatic rings. The molecule has 1 saturated carbocycles. The maximum Gasteiger partial charge on any atom is 0.573 e. The van der Waals surface area contributed by atoms with Crippen molar-refractivity contribution in [2.24, 2.45) is 0 Å². The van der Waals surface area contributed by atoms with Crippen LogP contribution in [0.3, 0.4) is 0 Å². The summed E-state index contributed by atoms with van der Waals surface area (Å²) in [5, 5.41) is 9.07. The van der Waals surface area contributed by atoms with Gasteiger partial charge in [-0.25, -0.2) is 4.98 Å². The Morgan fingerprint density at radius 3 is 2.41 bits per heavy atom. The van der Waals surface area contributed by atoms with E-state index in [0.29, 0.717) is 28.7 Å². The maximum atomic E-state index is 12.6. The lowest BCUT2D eigenvalue weighted by molar-refractivity contribution is -0.274. The summed E-state index contributed by atoms with van der Waals surface area (Å²) in [6.07, 6.45) is -2.76. The molecule has 1 amide bonds. The quantitative estimate of drug-likeness (QED) is 0.458. The minimum absolute atomic E-state index is 0.168. The van der Waals surface area contributed by atoms with Crippen LogP contribution in [-0.4, -0.2) is 28.3 Å². The number of ether oxygens (including phenoxy) is 1. The molecule has 2 aromatic carbocycles. The van der Waals surface area contributed by atoms with Crippen molar-refractivity contribution in [3.8, 4) is 17.0 Å². The zero-order valence-corrected chi connectivity index (χ0v) is 17.0. The number of rotatable bonds is 7. The number of alkyl halides is 3. The number of carbonyl (C=O) groups is 1. The summed E-state index contributed by atoms with van der Waals surface area (Å²) in [6.45, 7) is 1.43. The molecule has 10 heteroatoms. The number of carbonyl (C=O) groups excluding carboxylic acids is 1. The number of amides is 1. The summed E-state index contributed by atoms with van der Waals surface area (Å²) in [6, 6.07) is 14.6. The van der Waals surface area contributed by atoms with Crippen molar-refractivity contribution in [3.63, 3.8) is 0 Å². The summed E-state index contributed by atoms with van der Waals surface area (Å²) in [7, 11) is 0. The predicted octanol–water partition coefficient (Wildman–Crippen LogP) is 5.32. The van der Waals surface area contributed by atoms with Crippen LogP contribution in [0.15, 0.2) is 54.6 Å². The van der Waals surface area contributed by atoms with Gasteiger partial charge in [-0.3, -0.25) is 4.79 Å². The summed E-state index contributed by atoms with van der Waals surface area (Å²) in [5.74, 6) is 0.351. The minimum Gasteiger partial charge on any atom is -0.406 e. The second-order valence-corrected chi connectivity index (χ2v) is 7.34. The van der Waals surface area contributed by atoms with E-state index < -0.39 is 6.36 Å². The molecule has 1 aliphatic carbocycles. The molecule has 0 atom stereocenters. The van der Waals surface area contributed by atoms with Gasteiger partial charge < -0.3 is 20.7 Å². The highest BCUT2D eigenvalue weighted by Gasteiger charge is 2.31. The van der Waals surface area contributed by atoms with Gasteiger partial charge in [0, 0.05) is 36.0 Å². The third-order valence-electron chi connectivity index (χ3n) is 4.48. The molecule has 1 fully saturated rings. The normalized spacial score (nSPS) is 13.4. The first-order valence-corrected chi connectivity index (χ1v) is 9.90. The van der Waals surface area contributed by atoms with Crippen LogP contribution < -0.4 is 20.7 Å². The third-order valence-corrected chi connectivity index (χ3v) is 4.48. The third kappa shape index (κ3) is 6.10. The molecule has 0 unspecified atom stereocenters. The zero-order chi connectivity index (χ0) is 22.7. The number of hydrogen-bond donors (Lipinski definition) is 3. The fourth-order valence-corrected chi connectivity index (χ4v) is 2.97. The Bertz CT molecular complexity index is 1120. The van der Waals surface area contributed by atoms with E-state index in [1.54, 1.807) is 36.4 Å². The van der Waals surface area contributed by atoms with Gasteiger partial charge in [0.25, 0.3) is 0 Å². The van der Waals surface area contributed by atoms with E-state index in [-0.39, 0.29) is 17.7 Å². The van der Waals surface area contributed by atoms with Crippen LogP contribution >= 0.6 is 0 Å². The van der Waals surface area contributed by atoms with E-state index in [1.165, 1.54) is 25.1 Å². The Balaban J connectivity index is 1.61. The van der Waals surface area contributed by atoms with Gasteiger partial charge in [-0.1, -0.05) is 12.1 Å². The standard InChI is InChI=1S/C22H20F3N5O2/c1-13(31)26-15-5-7-16(8-6-15)27-20-12-19(29-21(30-20)28-17-9-10-17)14-3-2-4-18(11-14)32-22(23,24)25/h2-8,11-12,17H,9-10H2,1H3,(H,26,31)(H2,27,28,29,30). The van der Waals surface area contributed by atoms with E-state index >= 15 is 0 Å². The Morgan fingerprint density at radius 2 is 1.75 bits per heavy atom. The van der Waals surface area contributed by atoms with Crippen LogP contribution in [0.1, 0.15) is 19.8 Å². The first kappa shape index (κ1) is 21.4. The second kappa shape index (κ2) is 8.74. The summed E-state index contributed by atoms with van der Waals surface area (Å²) in [4.78, 5) is 20.1. The first-order valence-electron chi connectivity index (χ1n) is 9.90. The number of nitrogens with one attached hydrogen (secondary N) is 3. The highest BCUT2D eigenvalue weighted by Crippen LogP contribution is 2.30. The van der Waals surface area contributed by atoms with Crippen LogP contribution in [-0.2, 0) is 4.79 Å². The number of hydrogen-bond acceptors (Lipinski definition) is 6. The number of benzene rings is 2. The van der Waals surface area contributed by atoms with E-state index in [2.05, 4.69) is 30.7 Å². The second-order valence-electron chi connectivity index (χ2n) is 7.34. The van der Waals surface area contributed by atoms with E-state index in [0.717, 1.165) is 18.5 Å². The Hall–Kier alpha value is -3.82. The van der Waals surface area contributed by atoms with Crippen LogP contribution in [0, 0.1) is 0 Å². The molecule has 166 valence electrons. The largest absolute Gasteiger partial charge is 0.573 e. The van der Waals surface area contributed by atoms with E-state index in [4.69, 9.17) is 0 Å². The Morgan fingerprint density at radius 1 is 1.03 bits per heavy atom. The van der Waals surface area contributed by atoms with Gasteiger partial charge >= 0.3 is 6.36 Å². The van der Waals surface area contributed by atoms with Crippen molar-refractivity contribution in [2.75, 3.05) is 16.0 Å². The van der Waals surface area contributed by atoms with Gasteiger partial charge in [0.05, 0.1) is 5.69 Å². The monoisotopic (exact) mass is 443 g/mol. The van der Waals surface area contributed by atoms with Crippen LogP contribution in [0.5, 0.6) is 5.75 Å². The van der Waals surface area contributed by atoms with Crippen molar-refractivity contribution in [3.05, 3.63) is 54.6 Å². The molecular formula is C22H20F3N5O2. The molecule has 1 heterocycles. The van der Waals surface area contributed by atoms with E-state index in [1.807, 2.05) is 0 Å². The van der Waals surface area contributed by atoms with Gasteiger partial charge in [0.2, 0.25) is 11.9 Å². The number of anilines is 4. The average molecular weight is 443 g/mol. The van der Waals surface area contributed by atoms with Crippen LogP contribution in [0.4, 0.5) is 36.3 Å². The summed E-state index contributed by atoms with van der Waals surface area (Å²) in [5.41, 5.74) is 2.27. The SMILES string of the molecule is CC(=O)Nc1ccc(Nc2cc(-c3cccc(OC(F)(F)F)c3)nc(NC3CC3)n2)cc1. The molecule has 7 nitrogen and oxygen atoms in total. The highest BCUT2D eigenvalue weighted by molar-refractivity contribution is 5.88. The zero-order valence-electron chi connectivity index (χ0n) is 17.0. The number of aromatic nitrogens is 2. The lowest BCUT2D eigenvalue weighted by atomic mass is 10.1. The van der Waals surface area contributed by atoms with Gasteiger partial charge in [-0.2, -0.15) is 4.98 Å². The summed E-state index contributed by atoms with van der Waals surface area (Å²) >= 11 is 0. The lowest BCUT2D eigenvalue weighted by Crippen LogP contribution is -2.17. The Labute approximate surface area is 182 Å². The lowest BCUT2D eigenvalue weighted by Gasteiger charge is -2.13. The maximum absolute atomic E-state index is 12.6. The molecule has 0 aliphatic heterocycles. The van der Waals surface area contributed by atoms with Crippen molar-refractivity contribution in [1.82, 2.24) is 9.97 Å². The van der Waals surface area contributed by atoms with Gasteiger partial charge in [0.1, 0.15) is 11.6 Å². The number of halogens is 3. The first-order chi connectivity index (χ1) is 15.2. The highest BCUT2D eigenvalue weighted by atomic mass is 19.4.